The van der Waals surface area contributed by atoms with Crippen molar-refractivity contribution in [2.75, 3.05) is 13.1 Å². The van der Waals surface area contributed by atoms with Gasteiger partial charge in [-0.1, -0.05) is 17.7 Å². The minimum absolute atomic E-state index is 0.0961. The van der Waals surface area contributed by atoms with Crippen molar-refractivity contribution in [3.8, 4) is 11.3 Å². The Labute approximate surface area is 175 Å². The van der Waals surface area contributed by atoms with Gasteiger partial charge in [0.15, 0.2) is 11.6 Å². The second kappa shape index (κ2) is 8.22. The molecule has 29 heavy (non-hydrogen) atoms. The first-order valence-corrected chi connectivity index (χ1v) is 10.4. The zero-order chi connectivity index (χ0) is 20.5. The van der Waals surface area contributed by atoms with Gasteiger partial charge >= 0.3 is 0 Å². The van der Waals surface area contributed by atoms with Crippen LogP contribution in [0, 0.1) is 11.6 Å². The molecular formula is C20H19ClF2N4OS. The summed E-state index contributed by atoms with van der Waals surface area (Å²) in [6.45, 7) is 1.30. The molecule has 3 aromatic rings. The molecule has 0 aliphatic carbocycles. The van der Waals surface area contributed by atoms with Gasteiger partial charge in [0.05, 0.1) is 21.8 Å². The summed E-state index contributed by atoms with van der Waals surface area (Å²) in [5, 5.41) is 12.8. The van der Waals surface area contributed by atoms with Crippen LogP contribution in [0.3, 0.4) is 0 Å². The molecule has 1 fully saturated rings. The van der Waals surface area contributed by atoms with Gasteiger partial charge in [0.25, 0.3) is 5.91 Å². The van der Waals surface area contributed by atoms with E-state index < -0.39 is 11.6 Å². The van der Waals surface area contributed by atoms with Gasteiger partial charge in [-0.15, -0.1) is 11.3 Å². The Morgan fingerprint density at radius 2 is 2.17 bits per heavy atom. The van der Waals surface area contributed by atoms with Crippen molar-refractivity contribution in [1.29, 1.82) is 0 Å². The number of hydrogen-bond acceptors (Lipinski definition) is 4. The molecule has 1 aromatic carbocycles. The number of rotatable bonds is 4. The van der Waals surface area contributed by atoms with Gasteiger partial charge < -0.3 is 10.6 Å². The third-order valence-electron chi connectivity index (χ3n) is 5.16. The summed E-state index contributed by atoms with van der Waals surface area (Å²) in [7, 11) is 1.79. The fraction of sp³-hybridized carbons (Fsp3) is 0.300. The number of carbonyl (C=O) groups excluding carboxylic acids is 1. The highest BCUT2D eigenvalue weighted by Crippen LogP contribution is 2.32. The van der Waals surface area contributed by atoms with Gasteiger partial charge in [0.2, 0.25) is 0 Å². The monoisotopic (exact) mass is 436 g/mol. The lowest BCUT2D eigenvalue weighted by atomic mass is 9.86. The Balaban J connectivity index is 1.53. The Morgan fingerprint density at radius 3 is 2.90 bits per heavy atom. The van der Waals surface area contributed by atoms with Crippen LogP contribution in [0.15, 0.2) is 35.8 Å². The minimum Gasteiger partial charge on any atom is -0.347 e. The van der Waals surface area contributed by atoms with E-state index in [4.69, 9.17) is 11.6 Å². The fourth-order valence-electron chi connectivity index (χ4n) is 3.71. The summed E-state index contributed by atoms with van der Waals surface area (Å²) in [4.78, 5) is 13.4. The molecule has 2 aromatic heterocycles. The highest BCUT2D eigenvalue weighted by Gasteiger charge is 2.29. The standard InChI is InChI=1S/C20H19ClF2N4OS/c1-27-19(14(21)8-25-27)12-7-18(29-10-12)20(28)26-17-9-24-5-4-13(17)11-2-3-15(22)16(23)6-11/h2-3,6-8,10,13,17,24H,4-5,9H2,1H3,(H,26,28)/t13-,17+/m1/s1. The van der Waals surface area contributed by atoms with Crippen LogP contribution in [-0.4, -0.2) is 34.8 Å². The van der Waals surface area contributed by atoms with E-state index in [-0.39, 0.29) is 17.9 Å². The van der Waals surface area contributed by atoms with E-state index in [9.17, 15) is 13.6 Å². The number of hydrogen-bond donors (Lipinski definition) is 2. The van der Waals surface area contributed by atoms with Gasteiger partial charge in [0.1, 0.15) is 0 Å². The molecule has 1 aliphatic heterocycles. The Bertz CT molecular complexity index is 1030. The molecule has 1 aliphatic rings. The third kappa shape index (κ3) is 4.05. The Hall–Kier alpha value is -2.29. The molecule has 152 valence electrons. The maximum Gasteiger partial charge on any atom is 0.261 e. The Kier molecular flexibility index (Phi) is 5.67. The minimum atomic E-state index is -0.873. The molecule has 5 nitrogen and oxygen atoms in total. The normalized spacial score (nSPS) is 19.3. The number of nitrogens with zero attached hydrogens (tertiary/aromatic N) is 2. The van der Waals surface area contributed by atoms with Gasteiger partial charge in [-0.2, -0.15) is 5.10 Å². The van der Waals surface area contributed by atoms with E-state index in [1.807, 2.05) is 5.38 Å². The zero-order valence-electron chi connectivity index (χ0n) is 15.6. The average molecular weight is 437 g/mol. The smallest absolute Gasteiger partial charge is 0.261 e. The number of amides is 1. The molecule has 0 unspecified atom stereocenters. The lowest BCUT2D eigenvalue weighted by molar-refractivity contribution is 0.0928. The predicted molar refractivity (Wildman–Crippen MR) is 109 cm³/mol. The zero-order valence-corrected chi connectivity index (χ0v) is 17.2. The fourth-order valence-corrected chi connectivity index (χ4v) is 4.78. The van der Waals surface area contributed by atoms with Crippen LogP contribution in [-0.2, 0) is 7.05 Å². The molecule has 0 radical (unpaired) electrons. The van der Waals surface area contributed by atoms with E-state index in [2.05, 4.69) is 15.7 Å². The summed E-state index contributed by atoms with van der Waals surface area (Å²) in [5.74, 6) is -2.05. The van der Waals surface area contributed by atoms with Crippen molar-refractivity contribution >= 4 is 28.8 Å². The Morgan fingerprint density at radius 1 is 1.34 bits per heavy atom. The van der Waals surface area contributed by atoms with Crippen LogP contribution < -0.4 is 10.6 Å². The van der Waals surface area contributed by atoms with Crippen LogP contribution in [0.5, 0.6) is 0 Å². The van der Waals surface area contributed by atoms with Gasteiger partial charge in [0, 0.05) is 36.5 Å². The van der Waals surface area contributed by atoms with Crippen LogP contribution in [0.4, 0.5) is 8.78 Å². The van der Waals surface area contributed by atoms with Crippen molar-refractivity contribution in [3.05, 3.63) is 62.9 Å². The quantitative estimate of drug-likeness (QED) is 0.651. The van der Waals surface area contributed by atoms with E-state index in [1.165, 1.54) is 17.4 Å². The lowest BCUT2D eigenvalue weighted by Gasteiger charge is -2.33. The van der Waals surface area contributed by atoms with Crippen molar-refractivity contribution in [3.63, 3.8) is 0 Å². The average Bonchev–Trinajstić information content (AvgIpc) is 3.31. The van der Waals surface area contributed by atoms with Crippen LogP contribution in [0.1, 0.15) is 27.6 Å². The molecule has 0 saturated carbocycles. The summed E-state index contributed by atoms with van der Waals surface area (Å²) in [6, 6.07) is 5.49. The first-order chi connectivity index (χ1) is 13.9. The third-order valence-corrected chi connectivity index (χ3v) is 6.37. The molecule has 1 saturated heterocycles. The van der Waals surface area contributed by atoms with E-state index in [1.54, 1.807) is 30.1 Å². The van der Waals surface area contributed by atoms with E-state index in [0.717, 1.165) is 30.3 Å². The SMILES string of the molecule is Cn1ncc(Cl)c1-c1csc(C(=O)N[C@H]2CNCC[C@@H]2c2ccc(F)c(F)c2)c1. The van der Waals surface area contributed by atoms with E-state index in [0.29, 0.717) is 22.0 Å². The van der Waals surface area contributed by atoms with Crippen LogP contribution >= 0.6 is 22.9 Å². The first-order valence-electron chi connectivity index (χ1n) is 9.17. The lowest BCUT2D eigenvalue weighted by Crippen LogP contribution is -2.49. The van der Waals surface area contributed by atoms with Crippen LogP contribution in [0.25, 0.3) is 11.3 Å². The molecule has 2 N–H and O–H groups in total. The molecule has 4 rings (SSSR count). The van der Waals surface area contributed by atoms with E-state index >= 15 is 0 Å². The second-order valence-corrected chi connectivity index (χ2v) is 8.34. The summed E-state index contributed by atoms with van der Waals surface area (Å²) < 4.78 is 28.7. The number of aromatic nitrogens is 2. The van der Waals surface area contributed by atoms with Crippen molar-refractivity contribution < 1.29 is 13.6 Å². The highest BCUT2D eigenvalue weighted by atomic mass is 35.5. The summed E-state index contributed by atoms with van der Waals surface area (Å²) in [5.41, 5.74) is 2.26. The molecule has 3 heterocycles. The molecule has 9 heteroatoms. The molecule has 1 amide bonds. The van der Waals surface area contributed by atoms with Gasteiger partial charge in [-0.25, -0.2) is 8.78 Å². The molecule has 0 spiro atoms. The number of aryl methyl sites for hydroxylation is 1. The number of nitrogens with one attached hydrogen (secondary N) is 2. The number of benzene rings is 1. The predicted octanol–water partition coefficient (Wildman–Crippen LogP) is 3.96. The topological polar surface area (TPSA) is 59.0 Å². The maximum atomic E-state index is 13.7. The van der Waals surface area contributed by atoms with Crippen molar-refractivity contribution in [1.82, 2.24) is 20.4 Å². The highest BCUT2D eigenvalue weighted by molar-refractivity contribution is 7.12. The number of carbonyl (C=O) groups is 1. The maximum absolute atomic E-state index is 13.7. The van der Waals surface area contributed by atoms with Gasteiger partial charge in [-0.3, -0.25) is 9.48 Å². The molecule has 0 bridgehead atoms. The summed E-state index contributed by atoms with van der Waals surface area (Å²) in [6.07, 6.45) is 2.28. The number of thiophene rings is 1. The number of halogens is 3. The molecular weight excluding hydrogens is 418 g/mol. The number of piperidine rings is 1. The largest absolute Gasteiger partial charge is 0.347 e. The molecule has 2 atom stereocenters. The van der Waals surface area contributed by atoms with Crippen molar-refractivity contribution in [2.45, 2.75) is 18.4 Å². The summed E-state index contributed by atoms with van der Waals surface area (Å²) >= 11 is 7.51. The van der Waals surface area contributed by atoms with Crippen LogP contribution in [0.2, 0.25) is 5.02 Å². The first kappa shape index (κ1) is 20.0. The van der Waals surface area contributed by atoms with Crippen molar-refractivity contribution in [2.24, 2.45) is 7.05 Å². The van der Waals surface area contributed by atoms with Gasteiger partial charge in [-0.05, 0) is 36.7 Å². The second-order valence-electron chi connectivity index (χ2n) is 7.02.